The second kappa shape index (κ2) is 8.41. The van der Waals surface area contributed by atoms with Crippen molar-refractivity contribution in [3.05, 3.63) is 53.2 Å². The topological polar surface area (TPSA) is 45.7 Å². The van der Waals surface area contributed by atoms with Crippen LogP contribution in [0.2, 0.25) is 5.02 Å². The number of amides is 1. The predicted octanol–water partition coefficient (Wildman–Crippen LogP) is 3.62. The molecule has 0 unspecified atom stereocenters. The van der Waals surface area contributed by atoms with E-state index in [0.29, 0.717) is 18.1 Å². The van der Waals surface area contributed by atoms with Crippen LogP contribution in [-0.2, 0) is 11.3 Å². The van der Waals surface area contributed by atoms with Crippen molar-refractivity contribution < 1.29 is 9.53 Å². The number of aromatic nitrogens is 1. The average molecular weight is 374 g/mol. The molecule has 3 rings (SSSR count). The maximum absolute atomic E-state index is 13.0. The Hall–Kier alpha value is -2.27. The van der Waals surface area contributed by atoms with E-state index >= 15 is 0 Å². The minimum absolute atomic E-state index is 0.0269. The highest BCUT2D eigenvalue weighted by Gasteiger charge is 2.28. The first-order valence-electron chi connectivity index (χ1n) is 8.82. The second-order valence-electron chi connectivity index (χ2n) is 6.62. The number of hydrogen-bond acceptors (Lipinski definition) is 4. The number of ether oxygens (including phenoxy) is 1. The molecule has 6 heteroatoms. The van der Waals surface area contributed by atoms with E-state index in [0.717, 1.165) is 36.5 Å². The summed E-state index contributed by atoms with van der Waals surface area (Å²) in [5, 5.41) is 0.639. The Bertz CT molecular complexity index is 754. The maximum Gasteiger partial charge on any atom is 0.227 e. The van der Waals surface area contributed by atoms with Crippen molar-refractivity contribution in [3.8, 4) is 5.75 Å². The van der Waals surface area contributed by atoms with Crippen LogP contribution in [-0.4, -0.2) is 43.0 Å². The fraction of sp³-hybridized carbons (Fsp3) is 0.400. The van der Waals surface area contributed by atoms with Gasteiger partial charge in [0, 0.05) is 43.5 Å². The van der Waals surface area contributed by atoms with Gasteiger partial charge in [-0.25, -0.2) is 4.98 Å². The van der Waals surface area contributed by atoms with Crippen LogP contribution < -0.4 is 9.64 Å². The number of nitrogens with zero attached hydrogens (tertiary/aromatic N) is 3. The van der Waals surface area contributed by atoms with Gasteiger partial charge in [-0.3, -0.25) is 4.79 Å². The first-order valence-corrected chi connectivity index (χ1v) is 9.19. The van der Waals surface area contributed by atoms with E-state index < -0.39 is 0 Å². The molecule has 0 saturated carbocycles. The minimum Gasteiger partial charge on any atom is -0.496 e. The van der Waals surface area contributed by atoms with Gasteiger partial charge in [0.25, 0.3) is 0 Å². The van der Waals surface area contributed by atoms with Gasteiger partial charge in [-0.2, -0.15) is 0 Å². The number of anilines is 1. The van der Waals surface area contributed by atoms with Crippen LogP contribution in [0.1, 0.15) is 18.4 Å². The largest absolute Gasteiger partial charge is 0.496 e. The third-order valence-corrected chi connectivity index (χ3v) is 5.01. The molecule has 0 aliphatic carbocycles. The van der Waals surface area contributed by atoms with Crippen molar-refractivity contribution in [2.24, 2.45) is 5.92 Å². The summed E-state index contributed by atoms with van der Waals surface area (Å²) in [7, 11) is 3.46. The summed E-state index contributed by atoms with van der Waals surface area (Å²) in [4.78, 5) is 21.3. The van der Waals surface area contributed by atoms with Crippen molar-refractivity contribution in [2.45, 2.75) is 19.4 Å². The van der Waals surface area contributed by atoms with Gasteiger partial charge in [-0.15, -0.1) is 0 Å². The molecule has 26 heavy (non-hydrogen) atoms. The van der Waals surface area contributed by atoms with Crippen LogP contribution in [0.5, 0.6) is 5.75 Å². The van der Waals surface area contributed by atoms with Gasteiger partial charge in [0.05, 0.1) is 13.0 Å². The fourth-order valence-electron chi connectivity index (χ4n) is 3.44. The monoisotopic (exact) mass is 373 g/mol. The number of pyridine rings is 1. The molecule has 2 aromatic rings. The Balaban J connectivity index is 1.67. The number of rotatable bonds is 5. The SMILES string of the molecule is COc1ccc(Cl)cc1CN(C)C(=O)[C@@H]1CCCN(c2ccccn2)C1. The zero-order valence-corrected chi connectivity index (χ0v) is 15.9. The van der Waals surface area contributed by atoms with E-state index in [1.807, 2.05) is 37.4 Å². The Morgan fingerprint density at radius 1 is 1.38 bits per heavy atom. The molecule has 1 aromatic heterocycles. The van der Waals surface area contributed by atoms with Crippen LogP contribution in [0.3, 0.4) is 0 Å². The Labute approximate surface area is 159 Å². The lowest BCUT2D eigenvalue weighted by atomic mass is 9.96. The third-order valence-electron chi connectivity index (χ3n) is 4.77. The molecule has 1 saturated heterocycles. The van der Waals surface area contributed by atoms with Gasteiger partial charge in [-0.1, -0.05) is 17.7 Å². The Kier molecular flexibility index (Phi) is 5.99. The van der Waals surface area contributed by atoms with Crippen molar-refractivity contribution in [3.63, 3.8) is 0 Å². The number of benzene rings is 1. The van der Waals surface area contributed by atoms with Crippen molar-refractivity contribution >= 4 is 23.3 Å². The molecule has 5 nitrogen and oxygen atoms in total. The predicted molar refractivity (Wildman–Crippen MR) is 104 cm³/mol. The van der Waals surface area contributed by atoms with Gasteiger partial charge in [0.15, 0.2) is 0 Å². The summed E-state index contributed by atoms with van der Waals surface area (Å²) in [6.45, 7) is 2.11. The molecule has 1 aliphatic heterocycles. The summed E-state index contributed by atoms with van der Waals surface area (Å²) in [6, 6.07) is 11.4. The minimum atomic E-state index is -0.0269. The molecule has 1 aromatic carbocycles. The second-order valence-corrected chi connectivity index (χ2v) is 7.06. The number of piperidine rings is 1. The highest BCUT2D eigenvalue weighted by atomic mass is 35.5. The van der Waals surface area contributed by atoms with Crippen molar-refractivity contribution in [2.75, 3.05) is 32.1 Å². The van der Waals surface area contributed by atoms with Gasteiger partial charge in [0.2, 0.25) is 5.91 Å². The first kappa shape index (κ1) is 18.5. The quantitative estimate of drug-likeness (QED) is 0.803. The smallest absolute Gasteiger partial charge is 0.227 e. The third kappa shape index (κ3) is 4.28. The molecule has 1 aliphatic rings. The van der Waals surface area contributed by atoms with E-state index in [1.165, 1.54) is 0 Å². The standard InChI is InChI=1S/C20H24ClN3O2/c1-23(13-16-12-17(21)8-9-18(16)26-2)20(25)15-6-5-11-24(14-15)19-7-3-4-10-22-19/h3-4,7-10,12,15H,5-6,11,13-14H2,1-2H3/t15-/m1/s1. The Morgan fingerprint density at radius 2 is 2.23 bits per heavy atom. The lowest BCUT2D eigenvalue weighted by Gasteiger charge is -2.34. The van der Waals surface area contributed by atoms with E-state index in [9.17, 15) is 4.79 Å². The zero-order valence-electron chi connectivity index (χ0n) is 15.2. The average Bonchev–Trinajstić information content (AvgIpc) is 2.68. The number of carbonyl (C=O) groups excluding carboxylic acids is 1. The normalized spacial score (nSPS) is 17.0. The van der Waals surface area contributed by atoms with Gasteiger partial charge in [-0.05, 0) is 43.2 Å². The van der Waals surface area contributed by atoms with E-state index in [4.69, 9.17) is 16.3 Å². The number of halogens is 1. The summed E-state index contributed by atoms with van der Waals surface area (Å²) >= 11 is 6.10. The van der Waals surface area contributed by atoms with E-state index in [1.54, 1.807) is 24.3 Å². The summed E-state index contributed by atoms with van der Waals surface area (Å²) in [5.74, 6) is 1.80. The molecule has 1 amide bonds. The zero-order chi connectivity index (χ0) is 18.5. The highest BCUT2D eigenvalue weighted by molar-refractivity contribution is 6.30. The molecular weight excluding hydrogens is 350 g/mol. The summed E-state index contributed by atoms with van der Waals surface area (Å²) < 4.78 is 5.39. The number of methoxy groups -OCH3 is 1. The van der Waals surface area contributed by atoms with E-state index in [2.05, 4.69) is 9.88 Å². The number of carbonyl (C=O) groups is 1. The molecular formula is C20H24ClN3O2. The molecule has 1 fully saturated rings. The van der Waals surface area contributed by atoms with Crippen LogP contribution in [0, 0.1) is 5.92 Å². The Morgan fingerprint density at radius 3 is 2.96 bits per heavy atom. The highest BCUT2D eigenvalue weighted by Crippen LogP contribution is 2.26. The van der Waals surface area contributed by atoms with Crippen LogP contribution >= 0.6 is 11.6 Å². The molecule has 2 heterocycles. The molecule has 0 spiro atoms. The molecule has 1 atom stereocenters. The fourth-order valence-corrected chi connectivity index (χ4v) is 3.64. The molecule has 0 radical (unpaired) electrons. The first-order chi connectivity index (χ1) is 12.6. The van der Waals surface area contributed by atoms with Gasteiger partial charge >= 0.3 is 0 Å². The summed E-state index contributed by atoms with van der Waals surface area (Å²) in [5.41, 5.74) is 0.910. The lowest BCUT2D eigenvalue weighted by molar-refractivity contribution is -0.135. The van der Waals surface area contributed by atoms with E-state index in [-0.39, 0.29) is 11.8 Å². The summed E-state index contributed by atoms with van der Waals surface area (Å²) in [6.07, 6.45) is 3.68. The maximum atomic E-state index is 13.0. The van der Waals surface area contributed by atoms with Crippen LogP contribution in [0.4, 0.5) is 5.82 Å². The molecule has 0 N–H and O–H groups in total. The molecule has 138 valence electrons. The van der Waals surface area contributed by atoms with Crippen molar-refractivity contribution in [1.29, 1.82) is 0 Å². The number of hydrogen-bond donors (Lipinski definition) is 0. The van der Waals surface area contributed by atoms with Crippen LogP contribution in [0.15, 0.2) is 42.6 Å². The van der Waals surface area contributed by atoms with Gasteiger partial charge < -0.3 is 14.5 Å². The molecule has 0 bridgehead atoms. The van der Waals surface area contributed by atoms with Gasteiger partial charge in [0.1, 0.15) is 11.6 Å². The van der Waals surface area contributed by atoms with Crippen molar-refractivity contribution in [1.82, 2.24) is 9.88 Å². The lowest BCUT2D eigenvalue weighted by Crippen LogP contribution is -2.43. The van der Waals surface area contributed by atoms with Crippen LogP contribution in [0.25, 0.3) is 0 Å².